The highest BCUT2D eigenvalue weighted by molar-refractivity contribution is 7.05. The van der Waals surface area contributed by atoms with Crippen LogP contribution in [0.3, 0.4) is 0 Å². The number of hydrazine groups is 1. The normalized spacial score (nSPS) is 12.7. The number of hydrogen-bond donors (Lipinski definition) is 2. The van der Waals surface area contributed by atoms with Crippen LogP contribution in [0.25, 0.3) is 0 Å². The van der Waals surface area contributed by atoms with Crippen molar-refractivity contribution in [3.05, 3.63) is 44.4 Å². The van der Waals surface area contributed by atoms with Gasteiger partial charge in [-0.3, -0.25) is 5.84 Å². The maximum atomic E-state index is 6.02. The van der Waals surface area contributed by atoms with Crippen molar-refractivity contribution in [1.82, 2.24) is 15.0 Å². The molecule has 1 heterocycles. The number of rotatable bonds is 4. The first kappa shape index (κ1) is 13.7. The minimum Gasteiger partial charge on any atom is -0.271 e. The Balaban J connectivity index is 2.42. The highest BCUT2D eigenvalue weighted by Crippen LogP contribution is 2.31. The summed E-state index contributed by atoms with van der Waals surface area (Å²) in [7, 11) is 0. The van der Waals surface area contributed by atoms with Gasteiger partial charge in [0, 0.05) is 0 Å². The van der Waals surface area contributed by atoms with Crippen LogP contribution in [0.4, 0.5) is 0 Å². The summed E-state index contributed by atoms with van der Waals surface area (Å²) in [5, 5.41) is 5.11. The molecule has 2 aromatic rings. The number of nitrogens with two attached hydrogens (primary N) is 1. The van der Waals surface area contributed by atoms with Crippen molar-refractivity contribution < 1.29 is 0 Å². The third kappa shape index (κ3) is 2.65. The zero-order valence-electron chi connectivity index (χ0n) is 9.65. The molecule has 1 atom stereocenters. The Hall–Kier alpha value is -0.720. The molecule has 1 unspecified atom stereocenters. The molecular formula is C11H12Cl2N4S. The molecule has 1 aromatic carbocycles. The van der Waals surface area contributed by atoms with Gasteiger partial charge in [0.05, 0.1) is 26.7 Å². The standard InChI is InChI=1S/C11H12Cl2N4S/c1-2-9-11(18-17-16-9)10(15-14)6-3-4-7(12)8(13)5-6/h3-5,10,15H,2,14H2,1H3. The molecule has 2 rings (SSSR count). The van der Waals surface area contributed by atoms with E-state index in [4.69, 9.17) is 29.0 Å². The van der Waals surface area contributed by atoms with Gasteiger partial charge in [-0.2, -0.15) is 0 Å². The Morgan fingerprint density at radius 2 is 2.17 bits per heavy atom. The van der Waals surface area contributed by atoms with Crippen molar-refractivity contribution in [2.75, 3.05) is 0 Å². The first-order valence-electron chi connectivity index (χ1n) is 5.39. The van der Waals surface area contributed by atoms with Crippen molar-refractivity contribution in [2.24, 2.45) is 5.84 Å². The number of aromatic nitrogens is 2. The lowest BCUT2D eigenvalue weighted by molar-refractivity contribution is 0.639. The van der Waals surface area contributed by atoms with Gasteiger partial charge < -0.3 is 0 Å². The topological polar surface area (TPSA) is 63.8 Å². The first-order chi connectivity index (χ1) is 8.67. The van der Waals surface area contributed by atoms with Gasteiger partial charge in [-0.1, -0.05) is 40.7 Å². The molecule has 0 amide bonds. The third-order valence-electron chi connectivity index (χ3n) is 2.63. The van der Waals surface area contributed by atoms with Gasteiger partial charge >= 0.3 is 0 Å². The molecule has 0 fully saturated rings. The van der Waals surface area contributed by atoms with Gasteiger partial charge in [0.25, 0.3) is 0 Å². The minimum absolute atomic E-state index is 0.172. The van der Waals surface area contributed by atoms with Gasteiger partial charge in [-0.25, -0.2) is 5.43 Å². The van der Waals surface area contributed by atoms with Gasteiger partial charge in [0.1, 0.15) is 0 Å². The molecule has 0 radical (unpaired) electrons. The van der Waals surface area contributed by atoms with E-state index in [1.807, 2.05) is 13.0 Å². The van der Waals surface area contributed by atoms with E-state index in [1.165, 1.54) is 11.5 Å². The molecule has 0 aliphatic rings. The average Bonchev–Trinajstić information content (AvgIpc) is 2.83. The van der Waals surface area contributed by atoms with Gasteiger partial charge in [-0.05, 0) is 35.6 Å². The van der Waals surface area contributed by atoms with Crippen LogP contribution in [0, 0.1) is 0 Å². The van der Waals surface area contributed by atoms with E-state index in [1.54, 1.807) is 12.1 Å². The maximum absolute atomic E-state index is 6.02. The molecule has 96 valence electrons. The average molecular weight is 303 g/mol. The fraction of sp³-hybridized carbons (Fsp3) is 0.273. The van der Waals surface area contributed by atoms with Crippen LogP contribution >= 0.6 is 34.7 Å². The summed E-state index contributed by atoms with van der Waals surface area (Å²) in [6.07, 6.45) is 0.811. The number of hydrogen-bond acceptors (Lipinski definition) is 5. The number of nitrogens with one attached hydrogen (secondary N) is 1. The van der Waals surface area contributed by atoms with Crippen LogP contribution in [0.2, 0.25) is 10.0 Å². The Morgan fingerprint density at radius 1 is 1.39 bits per heavy atom. The molecule has 3 N–H and O–H groups in total. The van der Waals surface area contributed by atoms with Crippen LogP contribution in [-0.4, -0.2) is 9.59 Å². The molecule has 0 aliphatic heterocycles. The Morgan fingerprint density at radius 3 is 2.78 bits per heavy atom. The van der Waals surface area contributed by atoms with Gasteiger partial charge in [0.15, 0.2) is 0 Å². The quantitative estimate of drug-likeness (QED) is 0.673. The second kappa shape index (κ2) is 5.95. The lowest BCUT2D eigenvalue weighted by Crippen LogP contribution is -2.28. The van der Waals surface area contributed by atoms with E-state index >= 15 is 0 Å². The summed E-state index contributed by atoms with van der Waals surface area (Å²) in [4.78, 5) is 0.999. The van der Waals surface area contributed by atoms with E-state index in [-0.39, 0.29) is 6.04 Å². The van der Waals surface area contributed by atoms with Crippen molar-refractivity contribution >= 4 is 34.7 Å². The van der Waals surface area contributed by atoms with Crippen LogP contribution in [0.1, 0.15) is 29.1 Å². The zero-order valence-corrected chi connectivity index (χ0v) is 12.0. The molecule has 7 heteroatoms. The number of nitrogens with zero attached hydrogens (tertiary/aromatic N) is 2. The summed E-state index contributed by atoms with van der Waals surface area (Å²) in [6, 6.07) is 5.27. The summed E-state index contributed by atoms with van der Waals surface area (Å²) in [5.74, 6) is 5.63. The second-order valence-corrected chi connectivity index (χ2v) is 5.31. The number of benzene rings is 1. The molecule has 1 aromatic heterocycles. The van der Waals surface area contributed by atoms with E-state index in [0.29, 0.717) is 10.0 Å². The highest BCUT2D eigenvalue weighted by atomic mass is 35.5. The Bertz CT molecular complexity index is 544. The van der Waals surface area contributed by atoms with Crippen molar-refractivity contribution in [3.63, 3.8) is 0 Å². The van der Waals surface area contributed by atoms with E-state index in [9.17, 15) is 0 Å². The molecule has 0 saturated carbocycles. The van der Waals surface area contributed by atoms with Crippen molar-refractivity contribution in [1.29, 1.82) is 0 Å². The summed E-state index contributed by atoms with van der Waals surface area (Å²) < 4.78 is 3.96. The predicted molar refractivity (Wildman–Crippen MR) is 74.9 cm³/mol. The molecule has 0 saturated heterocycles. The fourth-order valence-corrected chi connectivity index (χ4v) is 2.83. The lowest BCUT2D eigenvalue weighted by Gasteiger charge is -2.15. The summed E-state index contributed by atoms with van der Waals surface area (Å²) in [5.41, 5.74) is 4.65. The SMILES string of the molecule is CCc1nnsc1C(NN)c1ccc(Cl)c(Cl)c1. The van der Waals surface area contributed by atoms with Crippen molar-refractivity contribution in [2.45, 2.75) is 19.4 Å². The van der Waals surface area contributed by atoms with Crippen LogP contribution < -0.4 is 11.3 Å². The second-order valence-electron chi connectivity index (χ2n) is 3.71. The third-order valence-corrected chi connectivity index (χ3v) is 4.20. The van der Waals surface area contributed by atoms with E-state index in [0.717, 1.165) is 22.6 Å². The number of halogens is 2. The largest absolute Gasteiger partial charge is 0.271 e. The van der Waals surface area contributed by atoms with Crippen LogP contribution in [0.5, 0.6) is 0 Å². The first-order valence-corrected chi connectivity index (χ1v) is 6.92. The highest BCUT2D eigenvalue weighted by Gasteiger charge is 2.19. The number of aryl methyl sites for hydroxylation is 1. The van der Waals surface area contributed by atoms with Gasteiger partial charge in [0.2, 0.25) is 0 Å². The monoisotopic (exact) mass is 302 g/mol. The molecular weight excluding hydrogens is 291 g/mol. The maximum Gasteiger partial charge on any atom is 0.0838 e. The van der Waals surface area contributed by atoms with E-state index in [2.05, 4.69) is 15.0 Å². The molecule has 4 nitrogen and oxygen atoms in total. The van der Waals surface area contributed by atoms with Gasteiger partial charge in [-0.15, -0.1) is 5.10 Å². The fourth-order valence-electron chi connectivity index (χ4n) is 1.70. The molecule has 18 heavy (non-hydrogen) atoms. The van der Waals surface area contributed by atoms with Crippen molar-refractivity contribution in [3.8, 4) is 0 Å². The van der Waals surface area contributed by atoms with Crippen LogP contribution in [0.15, 0.2) is 18.2 Å². The van der Waals surface area contributed by atoms with E-state index < -0.39 is 0 Å². The lowest BCUT2D eigenvalue weighted by atomic mass is 10.0. The molecule has 0 spiro atoms. The molecule has 0 bridgehead atoms. The summed E-state index contributed by atoms with van der Waals surface area (Å²) in [6.45, 7) is 2.03. The summed E-state index contributed by atoms with van der Waals surface area (Å²) >= 11 is 13.3. The molecule has 0 aliphatic carbocycles. The Kier molecular flexibility index (Phi) is 4.53. The zero-order chi connectivity index (χ0) is 13.1. The smallest absolute Gasteiger partial charge is 0.0838 e. The predicted octanol–water partition coefficient (Wildman–Crippen LogP) is 2.96. The minimum atomic E-state index is -0.172. The Labute approximate surface area is 119 Å². The van der Waals surface area contributed by atoms with Crippen LogP contribution in [-0.2, 0) is 6.42 Å².